The molecule has 2 aliphatic rings. The molecule has 2 aromatic rings. The van der Waals surface area contributed by atoms with Crippen molar-refractivity contribution in [3.8, 4) is 11.5 Å². The van der Waals surface area contributed by atoms with Crippen molar-refractivity contribution in [1.82, 2.24) is 9.88 Å². The SMILES string of the molecule is O=C(c1cncc(Br)c1)N1CCC(c2ccc3c(c2)OCO3)C1. The second kappa shape index (κ2) is 5.85. The summed E-state index contributed by atoms with van der Waals surface area (Å²) in [6, 6.07) is 7.85. The molecule has 2 aliphatic heterocycles. The number of halogens is 1. The Morgan fingerprint density at radius 1 is 1.22 bits per heavy atom. The largest absolute Gasteiger partial charge is 0.454 e. The summed E-state index contributed by atoms with van der Waals surface area (Å²) in [6.45, 7) is 1.75. The molecule has 1 atom stereocenters. The van der Waals surface area contributed by atoms with Crippen LogP contribution in [0.5, 0.6) is 11.5 Å². The van der Waals surface area contributed by atoms with Gasteiger partial charge in [0.25, 0.3) is 5.91 Å². The summed E-state index contributed by atoms with van der Waals surface area (Å²) in [7, 11) is 0. The maximum Gasteiger partial charge on any atom is 0.255 e. The Labute approximate surface area is 142 Å². The molecule has 1 fully saturated rings. The normalized spacial score (nSPS) is 19.2. The van der Waals surface area contributed by atoms with Crippen molar-refractivity contribution in [3.63, 3.8) is 0 Å². The molecule has 5 nitrogen and oxygen atoms in total. The highest BCUT2D eigenvalue weighted by atomic mass is 79.9. The number of fused-ring (bicyclic) bond motifs is 1. The van der Waals surface area contributed by atoms with Crippen LogP contribution >= 0.6 is 15.9 Å². The zero-order chi connectivity index (χ0) is 15.8. The fourth-order valence-corrected chi connectivity index (χ4v) is 3.46. The minimum Gasteiger partial charge on any atom is -0.454 e. The average molecular weight is 375 g/mol. The molecule has 1 aromatic carbocycles. The monoisotopic (exact) mass is 374 g/mol. The third kappa shape index (κ3) is 2.79. The van der Waals surface area contributed by atoms with Gasteiger partial charge in [-0.05, 0) is 46.1 Å². The Morgan fingerprint density at radius 3 is 2.96 bits per heavy atom. The Kier molecular flexibility index (Phi) is 3.69. The van der Waals surface area contributed by atoms with Gasteiger partial charge >= 0.3 is 0 Å². The highest BCUT2D eigenvalue weighted by Gasteiger charge is 2.29. The van der Waals surface area contributed by atoms with Crippen LogP contribution in [0.1, 0.15) is 28.3 Å². The molecule has 0 spiro atoms. The summed E-state index contributed by atoms with van der Waals surface area (Å²) in [5.74, 6) is 1.94. The molecule has 6 heteroatoms. The average Bonchev–Trinajstić information content (AvgIpc) is 3.22. The van der Waals surface area contributed by atoms with Gasteiger partial charge in [0, 0.05) is 35.9 Å². The first-order chi connectivity index (χ1) is 11.2. The summed E-state index contributed by atoms with van der Waals surface area (Å²) in [5, 5.41) is 0. The van der Waals surface area contributed by atoms with Crippen molar-refractivity contribution in [1.29, 1.82) is 0 Å². The van der Waals surface area contributed by atoms with Gasteiger partial charge in [-0.1, -0.05) is 6.07 Å². The molecule has 1 saturated heterocycles. The zero-order valence-electron chi connectivity index (χ0n) is 12.4. The second-order valence-electron chi connectivity index (χ2n) is 5.74. The van der Waals surface area contributed by atoms with E-state index in [1.807, 2.05) is 23.1 Å². The Bertz CT molecular complexity index is 765. The molecule has 1 aromatic heterocycles. The summed E-state index contributed by atoms with van der Waals surface area (Å²) in [5.41, 5.74) is 1.81. The van der Waals surface area contributed by atoms with Crippen LogP contribution in [-0.4, -0.2) is 35.7 Å². The summed E-state index contributed by atoms with van der Waals surface area (Å²) >= 11 is 3.36. The predicted octanol–water partition coefficient (Wildman–Crippen LogP) is 3.20. The van der Waals surface area contributed by atoms with Gasteiger partial charge in [-0.15, -0.1) is 0 Å². The maximum atomic E-state index is 12.6. The van der Waals surface area contributed by atoms with E-state index in [1.54, 1.807) is 12.4 Å². The number of pyridine rings is 1. The van der Waals surface area contributed by atoms with Gasteiger partial charge < -0.3 is 14.4 Å². The van der Waals surface area contributed by atoms with E-state index in [9.17, 15) is 4.79 Å². The van der Waals surface area contributed by atoms with E-state index in [2.05, 4.69) is 27.0 Å². The number of carbonyl (C=O) groups excluding carboxylic acids is 1. The number of benzene rings is 1. The zero-order valence-corrected chi connectivity index (χ0v) is 14.0. The molecule has 0 N–H and O–H groups in total. The highest BCUT2D eigenvalue weighted by Crippen LogP contribution is 2.37. The van der Waals surface area contributed by atoms with Crippen molar-refractivity contribution in [3.05, 3.63) is 52.3 Å². The van der Waals surface area contributed by atoms with Gasteiger partial charge in [-0.25, -0.2) is 0 Å². The first-order valence-corrected chi connectivity index (χ1v) is 8.29. The van der Waals surface area contributed by atoms with Gasteiger partial charge in [0.05, 0.1) is 5.56 Å². The van der Waals surface area contributed by atoms with Gasteiger partial charge in [-0.2, -0.15) is 0 Å². The lowest BCUT2D eigenvalue weighted by Crippen LogP contribution is -2.28. The molecule has 3 heterocycles. The van der Waals surface area contributed by atoms with Crippen LogP contribution in [0, 0.1) is 0 Å². The molecule has 0 bridgehead atoms. The topological polar surface area (TPSA) is 51.7 Å². The van der Waals surface area contributed by atoms with Crippen molar-refractivity contribution in [2.45, 2.75) is 12.3 Å². The molecule has 0 aliphatic carbocycles. The summed E-state index contributed by atoms with van der Waals surface area (Å²) < 4.78 is 11.6. The molecule has 1 amide bonds. The molecule has 118 valence electrons. The molecule has 0 radical (unpaired) electrons. The number of hydrogen-bond acceptors (Lipinski definition) is 4. The number of nitrogens with zero attached hydrogens (tertiary/aromatic N) is 2. The molecular formula is C17H15BrN2O3. The highest BCUT2D eigenvalue weighted by molar-refractivity contribution is 9.10. The van der Waals surface area contributed by atoms with E-state index in [-0.39, 0.29) is 12.7 Å². The molecule has 1 unspecified atom stereocenters. The summed E-state index contributed by atoms with van der Waals surface area (Å²) in [4.78, 5) is 18.5. The van der Waals surface area contributed by atoms with E-state index in [4.69, 9.17) is 9.47 Å². The van der Waals surface area contributed by atoms with Gasteiger partial charge in [0.2, 0.25) is 6.79 Å². The van der Waals surface area contributed by atoms with E-state index in [0.717, 1.165) is 28.9 Å². The lowest BCUT2D eigenvalue weighted by molar-refractivity contribution is 0.0790. The Balaban J connectivity index is 1.50. The van der Waals surface area contributed by atoms with Crippen LogP contribution in [0.4, 0.5) is 0 Å². The molecule has 0 saturated carbocycles. The van der Waals surface area contributed by atoms with Crippen LogP contribution < -0.4 is 9.47 Å². The van der Waals surface area contributed by atoms with Crippen LogP contribution in [-0.2, 0) is 0 Å². The van der Waals surface area contributed by atoms with Crippen LogP contribution in [0.25, 0.3) is 0 Å². The lowest BCUT2D eigenvalue weighted by Gasteiger charge is -2.17. The quantitative estimate of drug-likeness (QED) is 0.809. The third-order valence-electron chi connectivity index (χ3n) is 4.30. The minimum atomic E-state index is 0.0297. The van der Waals surface area contributed by atoms with E-state index in [1.165, 1.54) is 5.56 Å². The fraction of sp³-hybridized carbons (Fsp3) is 0.294. The number of hydrogen-bond donors (Lipinski definition) is 0. The number of ether oxygens (including phenoxy) is 2. The van der Waals surface area contributed by atoms with E-state index >= 15 is 0 Å². The van der Waals surface area contributed by atoms with Gasteiger partial charge in [0.1, 0.15) is 0 Å². The summed E-state index contributed by atoms with van der Waals surface area (Å²) in [6.07, 6.45) is 4.24. The van der Waals surface area contributed by atoms with Crippen LogP contribution in [0.2, 0.25) is 0 Å². The number of amides is 1. The number of rotatable bonds is 2. The maximum absolute atomic E-state index is 12.6. The third-order valence-corrected chi connectivity index (χ3v) is 4.73. The Morgan fingerprint density at radius 2 is 2.09 bits per heavy atom. The number of carbonyl (C=O) groups is 1. The van der Waals surface area contributed by atoms with Crippen molar-refractivity contribution in [2.75, 3.05) is 19.9 Å². The number of likely N-dealkylation sites (tertiary alicyclic amines) is 1. The Hall–Kier alpha value is -2.08. The van der Waals surface area contributed by atoms with Crippen molar-refractivity contribution < 1.29 is 14.3 Å². The van der Waals surface area contributed by atoms with Crippen molar-refractivity contribution in [2.24, 2.45) is 0 Å². The van der Waals surface area contributed by atoms with Gasteiger partial charge in [0.15, 0.2) is 11.5 Å². The first-order valence-electron chi connectivity index (χ1n) is 7.50. The molecular weight excluding hydrogens is 360 g/mol. The fourth-order valence-electron chi connectivity index (χ4n) is 3.10. The smallest absolute Gasteiger partial charge is 0.255 e. The first kappa shape index (κ1) is 14.5. The lowest BCUT2D eigenvalue weighted by atomic mass is 9.98. The van der Waals surface area contributed by atoms with Crippen molar-refractivity contribution >= 4 is 21.8 Å². The second-order valence-corrected chi connectivity index (χ2v) is 6.66. The van der Waals surface area contributed by atoms with Crippen LogP contribution in [0.3, 0.4) is 0 Å². The minimum absolute atomic E-state index is 0.0297. The number of aromatic nitrogens is 1. The molecule has 4 rings (SSSR count). The predicted molar refractivity (Wildman–Crippen MR) is 87.8 cm³/mol. The molecule has 23 heavy (non-hydrogen) atoms. The van der Waals surface area contributed by atoms with Crippen LogP contribution in [0.15, 0.2) is 41.1 Å². The van der Waals surface area contributed by atoms with Gasteiger partial charge in [-0.3, -0.25) is 9.78 Å². The standard InChI is InChI=1S/C17H15BrN2O3/c18-14-5-13(7-19-8-14)17(21)20-4-3-12(9-20)11-1-2-15-16(6-11)23-10-22-15/h1-2,5-8,12H,3-4,9-10H2. The van der Waals surface area contributed by atoms with E-state index in [0.29, 0.717) is 18.0 Å². The van der Waals surface area contributed by atoms with E-state index < -0.39 is 0 Å².